The van der Waals surface area contributed by atoms with E-state index in [-0.39, 0.29) is 11.7 Å². The highest BCUT2D eigenvalue weighted by atomic mass is 16.2. The van der Waals surface area contributed by atoms with Crippen LogP contribution in [0.2, 0.25) is 0 Å². The Balaban J connectivity index is 1.72. The first-order chi connectivity index (χ1) is 8.22. The van der Waals surface area contributed by atoms with Gasteiger partial charge in [-0.15, -0.1) is 5.10 Å². The zero-order valence-corrected chi connectivity index (χ0v) is 9.34. The summed E-state index contributed by atoms with van der Waals surface area (Å²) in [5, 5.41) is 13.4. The minimum absolute atomic E-state index is 0.164. The predicted molar refractivity (Wildman–Crippen MR) is 59.5 cm³/mol. The Morgan fingerprint density at radius 1 is 1.59 bits per heavy atom. The Morgan fingerprint density at radius 3 is 3.06 bits per heavy atom. The fourth-order valence-corrected chi connectivity index (χ4v) is 1.57. The highest BCUT2D eigenvalue weighted by Crippen LogP contribution is 2.37. The van der Waals surface area contributed by atoms with Gasteiger partial charge in [-0.1, -0.05) is 0 Å². The van der Waals surface area contributed by atoms with Gasteiger partial charge in [0.15, 0.2) is 5.82 Å². The average molecular weight is 232 g/mol. The molecule has 2 aromatic heterocycles. The Labute approximate surface area is 97.2 Å². The Hall–Kier alpha value is -2.18. The van der Waals surface area contributed by atoms with Crippen molar-refractivity contribution in [1.82, 2.24) is 25.0 Å². The number of aromatic nitrogens is 5. The second-order valence-electron chi connectivity index (χ2n) is 4.15. The van der Waals surface area contributed by atoms with E-state index in [2.05, 4.69) is 25.6 Å². The molecule has 0 aromatic carbocycles. The molecule has 2 heterocycles. The monoisotopic (exact) mass is 232 g/mol. The number of carbonyl (C=O) groups excluding carboxylic acids is 1. The third-order valence-electron chi connectivity index (χ3n) is 2.63. The fraction of sp³-hybridized carbons (Fsp3) is 0.400. The lowest BCUT2D eigenvalue weighted by Crippen LogP contribution is -2.14. The maximum absolute atomic E-state index is 11.8. The van der Waals surface area contributed by atoms with Gasteiger partial charge in [0.25, 0.3) is 5.91 Å². The van der Waals surface area contributed by atoms with Crippen molar-refractivity contribution in [1.29, 1.82) is 0 Å². The highest BCUT2D eigenvalue weighted by molar-refractivity contribution is 6.00. The molecule has 1 aliphatic carbocycles. The maximum Gasteiger partial charge on any atom is 0.296 e. The van der Waals surface area contributed by atoms with Crippen LogP contribution >= 0.6 is 0 Å². The average Bonchev–Trinajstić information content (AvgIpc) is 2.88. The normalized spacial score (nSPS) is 14.9. The molecule has 0 saturated heterocycles. The molecule has 1 saturated carbocycles. The molecule has 7 heteroatoms. The van der Waals surface area contributed by atoms with Crippen LogP contribution in [0.3, 0.4) is 0 Å². The van der Waals surface area contributed by atoms with E-state index in [9.17, 15) is 4.79 Å². The second-order valence-corrected chi connectivity index (χ2v) is 4.15. The Bertz CT molecular complexity index is 553. The molecule has 88 valence electrons. The molecule has 1 aliphatic rings. The molecule has 0 spiro atoms. The SMILES string of the molecule is Cn1ccc(NC(=O)c2n[nH]c(C3CC3)n2)n1. The van der Waals surface area contributed by atoms with E-state index < -0.39 is 0 Å². The number of aromatic amines is 1. The first-order valence-electron chi connectivity index (χ1n) is 5.45. The van der Waals surface area contributed by atoms with Crippen molar-refractivity contribution in [2.24, 2.45) is 7.05 Å². The van der Waals surface area contributed by atoms with Crippen molar-refractivity contribution in [3.8, 4) is 0 Å². The molecule has 0 unspecified atom stereocenters. The van der Waals surface area contributed by atoms with Crippen molar-refractivity contribution in [2.45, 2.75) is 18.8 Å². The molecule has 0 atom stereocenters. The lowest BCUT2D eigenvalue weighted by molar-refractivity contribution is 0.101. The smallest absolute Gasteiger partial charge is 0.296 e. The number of aryl methyl sites for hydroxylation is 1. The largest absolute Gasteiger partial charge is 0.302 e. The van der Waals surface area contributed by atoms with E-state index in [0.29, 0.717) is 11.7 Å². The number of amides is 1. The first-order valence-corrected chi connectivity index (χ1v) is 5.45. The minimum atomic E-state index is -0.341. The van der Waals surface area contributed by atoms with Gasteiger partial charge in [-0.05, 0) is 12.8 Å². The molecule has 0 radical (unpaired) electrons. The number of rotatable bonds is 3. The number of nitrogens with zero attached hydrogens (tertiary/aromatic N) is 4. The van der Waals surface area contributed by atoms with Crippen LogP contribution < -0.4 is 5.32 Å². The molecule has 2 N–H and O–H groups in total. The van der Waals surface area contributed by atoms with E-state index >= 15 is 0 Å². The van der Waals surface area contributed by atoms with Crippen LogP contribution in [0.15, 0.2) is 12.3 Å². The second kappa shape index (κ2) is 3.69. The van der Waals surface area contributed by atoms with Crippen LogP contribution in [0, 0.1) is 0 Å². The van der Waals surface area contributed by atoms with Gasteiger partial charge in [-0.3, -0.25) is 14.6 Å². The summed E-state index contributed by atoms with van der Waals surface area (Å²) in [6.45, 7) is 0. The van der Waals surface area contributed by atoms with Gasteiger partial charge in [0.1, 0.15) is 5.82 Å². The lowest BCUT2D eigenvalue weighted by Gasteiger charge is -1.96. The zero-order chi connectivity index (χ0) is 11.8. The third kappa shape index (κ3) is 2.03. The first kappa shape index (κ1) is 10.0. The van der Waals surface area contributed by atoms with Crippen LogP contribution in [0.4, 0.5) is 5.82 Å². The molecular weight excluding hydrogens is 220 g/mol. The van der Waals surface area contributed by atoms with E-state index in [1.54, 1.807) is 24.0 Å². The van der Waals surface area contributed by atoms with Gasteiger partial charge >= 0.3 is 0 Å². The minimum Gasteiger partial charge on any atom is -0.302 e. The molecule has 3 rings (SSSR count). The van der Waals surface area contributed by atoms with Gasteiger partial charge < -0.3 is 5.32 Å². The number of nitrogens with one attached hydrogen (secondary N) is 2. The number of carbonyl (C=O) groups is 1. The van der Waals surface area contributed by atoms with Crippen molar-refractivity contribution in [2.75, 3.05) is 5.32 Å². The summed E-state index contributed by atoms with van der Waals surface area (Å²) in [5.74, 6) is 1.58. The molecule has 7 nitrogen and oxygen atoms in total. The molecule has 1 fully saturated rings. The summed E-state index contributed by atoms with van der Waals surface area (Å²) in [7, 11) is 1.79. The Kier molecular flexibility index (Phi) is 2.17. The topological polar surface area (TPSA) is 88.5 Å². The number of hydrogen-bond acceptors (Lipinski definition) is 4. The fourth-order valence-electron chi connectivity index (χ4n) is 1.57. The molecule has 0 bridgehead atoms. The summed E-state index contributed by atoms with van der Waals surface area (Å²) in [4.78, 5) is 15.9. The molecule has 17 heavy (non-hydrogen) atoms. The van der Waals surface area contributed by atoms with Crippen LogP contribution in [-0.4, -0.2) is 30.9 Å². The van der Waals surface area contributed by atoms with Gasteiger partial charge in [0.2, 0.25) is 5.82 Å². The van der Waals surface area contributed by atoms with Gasteiger partial charge in [-0.25, -0.2) is 4.98 Å². The highest BCUT2D eigenvalue weighted by Gasteiger charge is 2.28. The predicted octanol–water partition coefficient (Wildman–Crippen LogP) is 0.668. The van der Waals surface area contributed by atoms with E-state index in [4.69, 9.17) is 0 Å². The van der Waals surface area contributed by atoms with E-state index in [0.717, 1.165) is 18.7 Å². The van der Waals surface area contributed by atoms with E-state index in [1.807, 2.05) is 0 Å². The molecule has 1 amide bonds. The lowest BCUT2D eigenvalue weighted by atomic mass is 10.4. The van der Waals surface area contributed by atoms with Crippen molar-refractivity contribution in [3.63, 3.8) is 0 Å². The quantitative estimate of drug-likeness (QED) is 0.814. The van der Waals surface area contributed by atoms with Crippen molar-refractivity contribution >= 4 is 11.7 Å². The van der Waals surface area contributed by atoms with Crippen molar-refractivity contribution in [3.05, 3.63) is 23.9 Å². The molecular formula is C10H12N6O. The summed E-state index contributed by atoms with van der Waals surface area (Å²) in [5.41, 5.74) is 0. The summed E-state index contributed by atoms with van der Waals surface area (Å²) in [6, 6.07) is 1.71. The number of H-pyrrole nitrogens is 1. The maximum atomic E-state index is 11.8. The van der Waals surface area contributed by atoms with Crippen LogP contribution in [-0.2, 0) is 7.05 Å². The molecule has 0 aliphatic heterocycles. The van der Waals surface area contributed by atoms with Crippen molar-refractivity contribution < 1.29 is 4.79 Å². The molecule has 2 aromatic rings. The number of anilines is 1. The van der Waals surface area contributed by atoms with Gasteiger partial charge in [0, 0.05) is 25.2 Å². The standard InChI is InChI=1S/C10H12N6O/c1-16-5-4-7(15-16)11-10(17)9-12-8(13-14-9)6-2-3-6/h4-6H,2-3H2,1H3,(H,11,15,17)(H,12,13,14). The van der Waals surface area contributed by atoms with Gasteiger partial charge in [-0.2, -0.15) is 5.10 Å². The third-order valence-corrected chi connectivity index (χ3v) is 2.63. The van der Waals surface area contributed by atoms with E-state index in [1.165, 1.54) is 0 Å². The zero-order valence-electron chi connectivity index (χ0n) is 9.34. The van der Waals surface area contributed by atoms with Crippen LogP contribution in [0.25, 0.3) is 0 Å². The van der Waals surface area contributed by atoms with Crippen LogP contribution in [0.1, 0.15) is 35.2 Å². The number of hydrogen-bond donors (Lipinski definition) is 2. The summed E-state index contributed by atoms with van der Waals surface area (Å²) < 4.78 is 1.61. The summed E-state index contributed by atoms with van der Waals surface area (Å²) >= 11 is 0. The van der Waals surface area contributed by atoms with Crippen LogP contribution in [0.5, 0.6) is 0 Å². The Morgan fingerprint density at radius 2 is 2.41 bits per heavy atom. The summed E-state index contributed by atoms with van der Waals surface area (Å²) in [6.07, 6.45) is 4.00. The van der Waals surface area contributed by atoms with Gasteiger partial charge in [0.05, 0.1) is 0 Å².